The first-order valence-corrected chi connectivity index (χ1v) is 5.82. The van der Waals surface area contributed by atoms with E-state index in [1.54, 1.807) is 20.8 Å². The summed E-state index contributed by atoms with van der Waals surface area (Å²) in [4.78, 5) is 33.0. The Morgan fingerprint density at radius 3 is 2.17 bits per heavy atom. The van der Waals surface area contributed by atoms with Crippen molar-refractivity contribution in [2.45, 2.75) is 33.2 Å². The minimum absolute atomic E-state index is 0.105. The van der Waals surface area contributed by atoms with Gasteiger partial charge in [0.25, 0.3) is 0 Å². The highest BCUT2D eigenvalue weighted by Crippen LogP contribution is 2.01. The van der Waals surface area contributed by atoms with Crippen molar-refractivity contribution in [3.8, 4) is 0 Å². The van der Waals surface area contributed by atoms with Gasteiger partial charge in [-0.25, -0.2) is 4.79 Å². The van der Waals surface area contributed by atoms with E-state index in [0.29, 0.717) is 6.42 Å². The quantitative estimate of drug-likeness (QED) is 0.510. The number of carbonyl (C=O) groups excluding carboxylic acids is 2. The minimum Gasteiger partial charge on any atom is -0.481 e. The highest BCUT2D eigenvalue weighted by molar-refractivity contribution is 5.86. The lowest BCUT2D eigenvalue weighted by molar-refractivity contribution is -0.141. The summed E-state index contributed by atoms with van der Waals surface area (Å²) in [7, 11) is 0. The van der Waals surface area contributed by atoms with Crippen LogP contribution in [0.2, 0.25) is 0 Å². The first-order valence-electron chi connectivity index (χ1n) is 5.82. The molecular weight excluding hydrogens is 238 g/mol. The average molecular weight is 259 g/mol. The van der Waals surface area contributed by atoms with Gasteiger partial charge in [-0.1, -0.05) is 20.8 Å². The predicted molar refractivity (Wildman–Crippen MR) is 65.8 cm³/mol. The summed E-state index contributed by atoms with van der Waals surface area (Å²) in [6.07, 6.45) is 0.325. The molecule has 5 N–H and O–H groups in total. The number of carboxylic acids is 1. The van der Waals surface area contributed by atoms with Crippen LogP contribution in [0.5, 0.6) is 0 Å². The molecule has 0 saturated heterocycles. The second-order valence-corrected chi connectivity index (χ2v) is 4.55. The molecule has 0 aromatic heterocycles. The fourth-order valence-electron chi connectivity index (χ4n) is 1.28. The SMILES string of the molecule is CC(CCNC(=O)NC(C(N)=O)C(C)C)C(=O)O. The van der Waals surface area contributed by atoms with Crippen molar-refractivity contribution in [3.63, 3.8) is 0 Å². The summed E-state index contributed by atoms with van der Waals surface area (Å²) in [5.74, 6) is -2.14. The second-order valence-electron chi connectivity index (χ2n) is 4.55. The molecule has 18 heavy (non-hydrogen) atoms. The molecule has 0 aromatic carbocycles. The van der Waals surface area contributed by atoms with Gasteiger partial charge < -0.3 is 21.5 Å². The van der Waals surface area contributed by atoms with Gasteiger partial charge in [0.1, 0.15) is 6.04 Å². The molecule has 7 heteroatoms. The monoisotopic (exact) mass is 259 g/mol. The van der Waals surface area contributed by atoms with Crippen LogP contribution in [0.25, 0.3) is 0 Å². The third-order valence-corrected chi connectivity index (χ3v) is 2.54. The maximum absolute atomic E-state index is 11.4. The van der Waals surface area contributed by atoms with E-state index in [1.165, 1.54) is 0 Å². The minimum atomic E-state index is -0.908. The lowest BCUT2D eigenvalue weighted by Crippen LogP contribution is -2.51. The molecule has 0 radical (unpaired) electrons. The van der Waals surface area contributed by atoms with Gasteiger partial charge >= 0.3 is 12.0 Å². The van der Waals surface area contributed by atoms with Crippen LogP contribution in [0.3, 0.4) is 0 Å². The number of carbonyl (C=O) groups is 3. The topological polar surface area (TPSA) is 122 Å². The fourth-order valence-corrected chi connectivity index (χ4v) is 1.28. The van der Waals surface area contributed by atoms with Gasteiger partial charge in [-0.3, -0.25) is 9.59 Å². The molecule has 3 amide bonds. The Balaban J connectivity index is 4.04. The molecule has 0 spiro atoms. The van der Waals surface area contributed by atoms with Crippen molar-refractivity contribution in [2.75, 3.05) is 6.54 Å². The summed E-state index contributed by atoms with van der Waals surface area (Å²) >= 11 is 0. The van der Waals surface area contributed by atoms with E-state index in [-0.39, 0.29) is 12.5 Å². The maximum atomic E-state index is 11.4. The molecule has 0 fully saturated rings. The Labute approximate surface area is 106 Å². The number of urea groups is 1. The number of carboxylic acid groups (broad SMARTS) is 1. The van der Waals surface area contributed by atoms with Gasteiger partial charge in [0.05, 0.1) is 5.92 Å². The lowest BCUT2D eigenvalue weighted by atomic mass is 10.0. The highest BCUT2D eigenvalue weighted by Gasteiger charge is 2.21. The van der Waals surface area contributed by atoms with Crippen molar-refractivity contribution >= 4 is 17.9 Å². The smallest absolute Gasteiger partial charge is 0.315 e. The van der Waals surface area contributed by atoms with Crippen LogP contribution in [0, 0.1) is 11.8 Å². The summed E-state index contributed by atoms with van der Waals surface area (Å²) in [5, 5.41) is 13.6. The molecule has 2 unspecified atom stereocenters. The van der Waals surface area contributed by atoms with E-state index in [4.69, 9.17) is 10.8 Å². The third-order valence-electron chi connectivity index (χ3n) is 2.54. The van der Waals surface area contributed by atoms with Gasteiger partial charge in [-0.05, 0) is 12.3 Å². The van der Waals surface area contributed by atoms with Crippen LogP contribution in [-0.4, -0.2) is 35.6 Å². The van der Waals surface area contributed by atoms with Gasteiger partial charge in [0.15, 0.2) is 0 Å². The molecule has 0 aliphatic rings. The Hall–Kier alpha value is -1.79. The molecule has 0 rings (SSSR count). The zero-order valence-electron chi connectivity index (χ0n) is 10.9. The summed E-state index contributed by atoms with van der Waals surface area (Å²) < 4.78 is 0. The van der Waals surface area contributed by atoms with Gasteiger partial charge in [0, 0.05) is 6.54 Å². The Morgan fingerprint density at radius 2 is 1.78 bits per heavy atom. The van der Waals surface area contributed by atoms with Crippen LogP contribution >= 0.6 is 0 Å². The third kappa shape index (κ3) is 6.07. The standard InChI is InChI=1S/C11H21N3O4/c1-6(2)8(9(12)15)14-11(18)13-5-4-7(3)10(16)17/h6-8H,4-5H2,1-3H3,(H2,12,15)(H,16,17)(H2,13,14,18). The van der Waals surface area contributed by atoms with Crippen molar-refractivity contribution < 1.29 is 19.5 Å². The fraction of sp³-hybridized carbons (Fsp3) is 0.727. The molecule has 0 bridgehead atoms. The summed E-state index contributed by atoms with van der Waals surface area (Å²) in [5.41, 5.74) is 5.14. The molecule has 104 valence electrons. The number of hydrogen-bond donors (Lipinski definition) is 4. The molecule has 0 heterocycles. The summed E-state index contributed by atoms with van der Waals surface area (Å²) in [6.45, 7) is 5.32. The first kappa shape index (κ1) is 16.2. The molecule has 7 nitrogen and oxygen atoms in total. The first-order chi connectivity index (χ1) is 8.25. The summed E-state index contributed by atoms with van der Waals surface area (Å²) in [6, 6.07) is -1.26. The number of primary amides is 1. The van der Waals surface area contributed by atoms with E-state index < -0.39 is 29.9 Å². The molecule has 2 atom stereocenters. The highest BCUT2D eigenvalue weighted by atomic mass is 16.4. The number of nitrogens with one attached hydrogen (secondary N) is 2. The van der Waals surface area contributed by atoms with Crippen LogP contribution in [-0.2, 0) is 9.59 Å². The number of hydrogen-bond acceptors (Lipinski definition) is 3. The van der Waals surface area contributed by atoms with Crippen molar-refractivity contribution in [3.05, 3.63) is 0 Å². The van der Waals surface area contributed by atoms with E-state index in [9.17, 15) is 14.4 Å². The van der Waals surface area contributed by atoms with Gasteiger partial charge in [-0.2, -0.15) is 0 Å². The van der Waals surface area contributed by atoms with Crippen LogP contribution in [0.15, 0.2) is 0 Å². The predicted octanol–water partition coefficient (Wildman–Crippen LogP) is -0.0937. The van der Waals surface area contributed by atoms with Crippen molar-refractivity contribution in [2.24, 2.45) is 17.6 Å². The van der Waals surface area contributed by atoms with Gasteiger partial charge in [-0.15, -0.1) is 0 Å². The lowest BCUT2D eigenvalue weighted by Gasteiger charge is -2.19. The Kier molecular flexibility index (Phi) is 6.77. The molecule has 0 aromatic rings. The van der Waals surface area contributed by atoms with E-state index in [2.05, 4.69) is 10.6 Å². The largest absolute Gasteiger partial charge is 0.481 e. The average Bonchev–Trinajstić information content (AvgIpc) is 2.24. The van der Waals surface area contributed by atoms with Crippen LogP contribution in [0.1, 0.15) is 27.2 Å². The zero-order valence-corrected chi connectivity index (χ0v) is 10.9. The molecule has 0 saturated carbocycles. The Bertz CT molecular complexity index is 317. The van der Waals surface area contributed by atoms with E-state index in [1.807, 2.05) is 0 Å². The number of nitrogens with two attached hydrogens (primary N) is 1. The van der Waals surface area contributed by atoms with Gasteiger partial charge in [0.2, 0.25) is 5.91 Å². The van der Waals surface area contributed by atoms with Crippen LogP contribution < -0.4 is 16.4 Å². The maximum Gasteiger partial charge on any atom is 0.315 e. The van der Waals surface area contributed by atoms with E-state index >= 15 is 0 Å². The van der Waals surface area contributed by atoms with Crippen molar-refractivity contribution in [1.29, 1.82) is 0 Å². The zero-order chi connectivity index (χ0) is 14.3. The van der Waals surface area contributed by atoms with Crippen molar-refractivity contribution in [1.82, 2.24) is 10.6 Å². The second kappa shape index (κ2) is 7.52. The molecule has 0 aliphatic heterocycles. The van der Waals surface area contributed by atoms with Crippen LogP contribution in [0.4, 0.5) is 4.79 Å². The van der Waals surface area contributed by atoms with E-state index in [0.717, 1.165) is 0 Å². The number of amides is 3. The normalized spacial score (nSPS) is 13.8. The molecular formula is C11H21N3O4. The molecule has 0 aliphatic carbocycles. The number of rotatable bonds is 7. The Morgan fingerprint density at radius 1 is 1.22 bits per heavy atom. The number of aliphatic carboxylic acids is 1.